The van der Waals surface area contributed by atoms with Crippen LogP contribution in [0.5, 0.6) is 23.0 Å². The summed E-state index contributed by atoms with van der Waals surface area (Å²) in [5, 5.41) is 6.79. The molecule has 686 valence electrons. The summed E-state index contributed by atoms with van der Waals surface area (Å²) in [5.74, 6) is 3.21. The molecule has 5 aliphatic rings. The van der Waals surface area contributed by atoms with Gasteiger partial charge in [-0.25, -0.2) is 0 Å². The van der Waals surface area contributed by atoms with Gasteiger partial charge in [0.1, 0.15) is 28.4 Å². The third kappa shape index (κ3) is 12.3. The van der Waals surface area contributed by atoms with Gasteiger partial charge in [-0.1, -0.05) is 347 Å². The summed E-state index contributed by atoms with van der Waals surface area (Å²) >= 11 is 3.72. The Bertz CT molecular complexity index is 9510. The molecule has 0 saturated carbocycles. The summed E-state index contributed by atoms with van der Waals surface area (Å²) < 4.78 is 27.8. The van der Waals surface area contributed by atoms with Crippen molar-refractivity contribution in [3.63, 3.8) is 0 Å². The molecule has 0 unspecified atom stereocenters. The molecule has 0 saturated heterocycles. The van der Waals surface area contributed by atoms with Crippen molar-refractivity contribution in [3.8, 4) is 89.8 Å². The molecule has 30 rings (SSSR count). The maximum Gasteiger partial charge on any atom is 0.156 e. The second-order valence-electron chi connectivity index (χ2n) is 39.4. The molecule has 0 fully saturated rings. The van der Waals surface area contributed by atoms with Crippen LogP contribution in [0.4, 0.5) is 68.2 Å². The Balaban J connectivity index is 0.614. The van der Waals surface area contributed by atoms with Crippen LogP contribution < -0.4 is 29.1 Å². The molecule has 0 bridgehead atoms. The zero-order chi connectivity index (χ0) is 96.2. The van der Waals surface area contributed by atoms with E-state index in [2.05, 4.69) is 531 Å². The number of rotatable bonds is 15. The van der Waals surface area contributed by atoms with E-state index in [-0.39, 0.29) is 0 Å². The van der Waals surface area contributed by atoms with Gasteiger partial charge < -0.3 is 33.5 Å². The largest absolute Gasteiger partial charge is 0.457 e. The van der Waals surface area contributed by atoms with E-state index in [1.165, 1.54) is 96.2 Å². The van der Waals surface area contributed by atoms with Gasteiger partial charge in [0.15, 0.2) is 5.75 Å². The third-order valence-corrected chi connectivity index (χ3v) is 33.8. The zero-order valence-electron chi connectivity index (χ0n) is 79.7. The molecule has 2 spiro atoms. The van der Waals surface area contributed by atoms with E-state index in [9.17, 15) is 0 Å². The molecule has 0 radical (unpaired) electrons. The SMILES string of the molecule is CC1(C)c2cc3c(cc2-c2c(N(c4ccccc4)c4ccccc4)ccc(-c4ccc(N(c5ccc6c(c5)Oc5cc7c(cc5C65c6ccccc6-c6ccccc65)sc5cc(N(c6ccccc6)c6ccccc6)ccc57)c5ccc(-c6ccccc6)c6sc7ccccc7c56)cc4)c21)C1(c2ccccc2-c2ccccc21)c1cccc(N(c2ccccc2)c2ccc4oc5c(-c6ccccc6)cccc5c4c2)c1O3. The van der Waals surface area contributed by atoms with Gasteiger partial charge in [-0.15, -0.1) is 22.7 Å². The first-order valence-corrected chi connectivity index (χ1v) is 51.8. The van der Waals surface area contributed by atoms with Gasteiger partial charge in [-0.2, -0.15) is 0 Å². The molecular weight excluding hydrogens is 1810 g/mol. The maximum absolute atomic E-state index is 8.16. The van der Waals surface area contributed by atoms with Crippen molar-refractivity contribution in [2.45, 2.75) is 30.1 Å². The number of hydrogen-bond donors (Lipinski definition) is 0. The lowest BCUT2D eigenvalue weighted by atomic mass is 9.65. The predicted molar refractivity (Wildman–Crippen MR) is 607 cm³/mol. The molecule has 146 heavy (non-hydrogen) atoms. The summed E-state index contributed by atoms with van der Waals surface area (Å²) in [5.41, 5.74) is 37.2. The molecule has 9 heteroatoms. The van der Waals surface area contributed by atoms with Crippen LogP contribution in [0.1, 0.15) is 69.5 Å². The van der Waals surface area contributed by atoms with Crippen molar-refractivity contribution in [2.75, 3.05) is 19.6 Å². The lowest BCUT2D eigenvalue weighted by molar-refractivity contribution is 0.436. The van der Waals surface area contributed by atoms with E-state index in [1.54, 1.807) is 0 Å². The Morgan fingerprint density at radius 2 is 0.658 bits per heavy atom. The number of fused-ring (bicyclic) bond motifs is 30. The van der Waals surface area contributed by atoms with E-state index >= 15 is 0 Å². The minimum absolute atomic E-state index is 0.666. The zero-order valence-corrected chi connectivity index (χ0v) is 81.3. The van der Waals surface area contributed by atoms with Crippen LogP contribution in [-0.2, 0) is 16.2 Å². The molecule has 0 N–H and O–H groups in total. The molecule has 7 nitrogen and oxygen atoms in total. The van der Waals surface area contributed by atoms with Crippen LogP contribution in [0.15, 0.2) is 502 Å². The van der Waals surface area contributed by atoms with Crippen molar-refractivity contribution in [1.82, 2.24) is 0 Å². The molecule has 22 aromatic carbocycles. The van der Waals surface area contributed by atoms with Crippen LogP contribution in [-0.4, -0.2) is 0 Å². The second-order valence-corrected chi connectivity index (χ2v) is 41.6. The van der Waals surface area contributed by atoms with Crippen LogP contribution in [0, 0.1) is 0 Å². The summed E-state index contributed by atoms with van der Waals surface area (Å²) in [4.78, 5) is 9.74. The first-order chi connectivity index (χ1) is 72.2. The van der Waals surface area contributed by atoms with Gasteiger partial charge in [0.25, 0.3) is 0 Å². The van der Waals surface area contributed by atoms with Gasteiger partial charge in [-0.3, -0.25) is 0 Å². The molecule has 3 aromatic heterocycles. The van der Waals surface area contributed by atoms with E-state index < -0.39 is 16.2 Å². The second kappa shape index (κ2) is 32.5. The monoisotopic (exact) mass is 1900 g/mol. The molecule has 3 aliphatic carbocycles. The molecule has 0 atom stereocenters. The fourth-order valence-corrected chi connectivity index (χ4v) is 27.8. The van der Waals surface area contributed by atoms with E-state index in [4.69, 9.17) is 13.9 Å². The normalized spacial score (nSPS) is 13.5. The standard InChI is InChI=1S/C137H88N4O3S2/c1-135(2)116-83-125-117(137(112-59-31-26-52-102(112)103-53-27-32-60-113(103)137)115-61-35-62-121(133(115)144-125)141(92-48-22-9-23-49-92)94-70-77-122-107(78-94)105-56-34-55-98(132(105)143-122)85-36-10-3-11-37-85)81-109(116)129-119(139(90-44-18-7-19-45-90)91-46-20-8-21-47-91)75-72-97(131(129)135)87-64-66-93(67-65-87)140(120-76-73-99(86-38-12-4-13-39-86)134-130(120)106-54-28-33-63-126(106)146-134)95-69-74-114-123(79-95)142-124-82-108-104-71-68-96(138(88-40-14-5-15-41-88)89-42-16-6-17-43-89)80-127(104)145-128(108)84-118(124)136(114)110-57-29-24-50-100(110)101-51-25-30-58-111(101)136/h3-84H,1-2H3. The lowest BCUT2D eigenvalue weighted by Gasteiger charge is -2.41. The molecule has 25 aromatic rings. The van der Waals surface area contributed by atoms with E-state index in [0.717, 1.165) is 180 Å². The number of thiophene rings is 2. The van der Waals surface area contributed by atoms with Gasteiger partial charge in [-0.05, 0) is 247 Å². The lowest BCUT2D eigenvalue weighted by Crippen LogP contribution is -2.33. The van der Waals surface area contributed by atoms with Crippen molar-refractivity contribution >= 4 is 153 Å². The van der Waals surface area contributed by atoms with Crippen LogP contribution in [0.25, 0.3) is 129 Å². The number of anilines is 12. The topological polar surface area (TPSA) is 44.6 Å². The highest BCUT2D eigenvalue weighted by molar-refractivity contribution is 7.26. The third-order valence-electron chi connectivity index (χ3n) is 31.5. The Kier molecular flexibility index (Phi) is 18.6. The maximum atomic E-state index is 8.16. The van der Waals surface area contributed by atoms with Crippen molar-refractivity contribution in [3.05, 3.63) is 553 Å². The highest BCUT2D eigenvalue weighted by Gasteiger charge is 2.56. The fourth-order valence-electron chi connectivity index (χ4n) is 25.4. The first kappa shape index (κ1) is 83.6. The molecule has 0 amide bonds. The Morgan fingerprint density at radius 3 is 1.28 bits per heavy atom. The van der Waals surface area contributed by atoms with E-state index in [0.29, 0.717) is 0 Å². The summed E-state index contributed by atoms with van der Waals surface area (Å²) in [6.45, 7) is 4.89. The van der Waals surface area contributed by atoms with Gasteiger partial charge in [0, 0.05) is 147 Å². The highest BCUT2D eigenvalue weighted by atomic mass is 32.1. The summed E-state index contributed by atoms with van der Waals surface area (Å²) in [6.07, 6.45) is 0. The predicted octanol–water partition coefficient (Wildman–Crippen LogP) is 38.4. The van der Waals surface area contributed by atoms with Crippen molar-refractivity contribution < 1.29 is 13.9 Å². The van der Waals surface area contributed by atoms with Gasteiger partial charge >= 0.3 is 0 Å². The summed E-state index contributed by atoms with van der Waals surface area (Å²) in [7, 11) is 0. The Morgan fingerprint density at radius 1 is 0.219 bits per heavy atom. The number of furan rings is 1. The highest BCUT2D eigenvalue weighted by Crippen LogP contribution is 2.70. The Hall–Kier alpha value is -18.1. The Labute approximate surface area is 853 Å². The van der Waals surface area contributed by atoms with Crippen LogP contribution in [0.2, 0.25) is 0 Å². The molecule has 5 heterocycles. The van der Waals surface area contributed by atoms with Crippen LogP contribution in [0.3, 0.4) is 0 Å². The quantitative estimate of drug-likeness (QED) is 0.101. The number of hydrogen-bond acceptors (Lipinski definition) is 9. The average Bonchev–Trinajstić information content (AvgIpc) is 1.50. The van der Waals surface area contributed by atoms with Gasteiger partial charge in [0.05, 0.1) is 27.9 Å². The minimum Gasteiger partial charge on any atom is -0.457 e. The van der Waals surface area contributed by atoms with Crippen molar-refractivity contribution in [2.24, 2.45) is 0 Å². The first-order valence-electron chi connectivity index (χ1n) is 50.1. The van der Waals surface area contributed by atoms with Crippen molar-refractivity contribution in [1.29, 1.82) is 0 Å². The molecule has 2 aliphatic heterocycles. The fraction of sp³-hybridized carbons (Fsp3) is 0.0365. The number of benzene rings is 22. The van der Waals surface area contributed by atoms with E-state index in [1.807, 2.05) is 22.7 Å². The smallest absolute Gasteiger partial charge is 0.156 e. The minimum atomic E-state index is -0.896. The molecular formula is C137H88N4O3S2. The average molecular weight is 1900 g/mol. The summed E-state index contributed by atoms with van der Waals surface area (Å²) in [6, 6.07) is 184. The number of ether oxygens (including phenoxy) is 2. The van der Waals surface area contributed by atoms with Gasteiger partial charge in [0.2, 0.25) is 0 Å². The van der Waals surface area contributed by atoms with Crippen LogP contribution >= 0.6 is 22.7 Å². The number of para-hydroxylation sites is 7. The number of nitrogens with zero attached hydrogens (tertiary/aromatic N) is 4.